The minimum absolute atomic E-state index is 0.0933. The second-order valence-electron chi connectivity index (χ2n) is 8.99. The third-order valence-corrected chi connectivity index (χ3v) is 6.67. The predicted molar refractivity (Wildman–Crippen MR) is 121 cm³/mol. The Kier molecular flexibility index (Phi) is 6.19. The average molecular weight is 499 g/mol. The number of nitrogens with zero attached hydrogens (tertiary/aromatic N) is 6. The van der Waals surface area contributed by atoms with Gasteiger partial charge in [-0.25, -0.2) is 9.67 Å². The lowest BCUT2D eigenvalue weighted by Crippen LogP contribution is -2.43. The molecule has 3 atom stereocenters. The van der Waals surface area contributed by atoms with Gasteiger partial charge in [0, 0.05) is 31.5 Å². The summed E-state index contributed by atoms with van der Waals surface area (Å²) in [6.45, 7) is 1.75. The molecule has 2 saturated heterocycles. The highest BCUT2D eigenvalue weighted by Crippen LogP contribution is 2.39. The number of aliphatic hydroxyl groups excluding tert-OH is 1. The van der Waals surface area contributed by atoms with E-state index in [4.69, 9.17) is 16.3 Å². The van der Waals surface area contributed by atoms with E-state index in [9.17, 15) is 18.3 Å². The van der Waals surface area contributed by atoms with E-state index >= 15 is 0 Å². The third-order valence-electron chi connectivity index (χ3n) is 6.47. The molecule has 2 aliphatic heterocycles. The van der Waals surface area contributed by atoms with Crippen LogP contribution in [0.25, 0.3) is 22.4 Å². The van der Waals surface area contributed by atoms with E-state index in [1.54, 1.807) is 23.0 Å². The van der Waals surface area contributed by atoms with Crippen molar-refractivity contribution in [2.45, 2.75) is 70.1 Å². The van der Waals surface area contributed by atoms with Crippen LogP contribution < -0.4 is 4.90 Å². The van der Waals surface area contributed by atoms with Gasteiger partial charge in [0.15, 0.2) is 6.23 Å². The van der Waals surface area contributed by atoms with E-state index in [2.05, 4.69) is 15.2 Å². The van der Waals surface area contributed by atoms with E-state index in [0.717, 1.165) is 23.9 Å². The van der Waals surface area contributed by atoms with Crippen LogP contribution in [0.15, 0.2) is 18.3 Å². The Labute approximate surface area is 199 Å². The van der Waals surface area contributed by atoms with Crippen LogP contribution in [0.1, 0.15) is 45.3 Å². The molecule has 5 rings (SSSR count). The molecule has 5 heterocycles. The van der Waals surface area contributed by atoms with Crippen LogP contribution in [-0.2, 0) is 11.3 Å². The van der Waals surface area contributed by atoms with Gasteiger partial charge < -0.3 is 14.7 Å². The zero-order valence-electron chi connectivity index (χ0n) is 18.7. The van der Waals surface area contributed by atoms with Crippen LogP contribution in [0.5, 0.6) is 0 Å². The van der Waals surface area contributed by atoms with Crippen LogP contribution in [-0.4, -0.2) is 61.1 Å². The molecular weight excluding hydrogens is 473 g/mol. The maximum absolute atomic E-state index is 13.6. The van der Waals surface area contributed by atoms with Crippen molar-refractivity contribution in [3.05, 3.63) is 23.5 Å². The summed E-state index contributed by atoms with van der Waals surface area (Å²) in [7, 11) is 0. The van der Waals surface area contributed by atoms with E-state index in [0.29, 0.717) is 37.4 Å². The zero-order chi connectivity index (χ0) is 24.0. The second-order valence-corrected chi connectivity index (χ2v) is 9.37. The molecule has 0 spiro atoms. The third kappa shape index (κ3) is 4.48. The Hall–Kier alpha value is -2.37. The lowest BCUT2D eigenvalue weighted by Gasteiger charge is -2.38. The number of halogens is 4. The molecule has 0 amide bonds. The predicted octanol–water partition coefficient (Wildman–Crippen LogP) is 4.56. The van der Waals surface area contributed by atoms with Gasteiger partial charge in [-0.15, -0.1) is 0 Å². The van der Waals surface area contributed by atoms with Crippen molar-refractivity contribution in [1.82, 2.24) is 24.5 Å². The summed E-state index contributed by atoms with van der Waals surface area (Å²) < 4.78 is 49.2. The molecule has 0 saturated carbocycles. The highest BCUT2D eigenvalue weighted by molar-refractivity contribution is 6.30. The van der Waals surface area contributed by atoms with Gasteiger partial charge in [0.05, 0.1) is 17.5 Å². The quantitative estimate of drug-likeness (QED) is 0.531. The van der Waals surface area contributed by atoms with Gasteiger partial charge in [0.2, 0.25) is 0 Å². The van der Waals surface area contributed by atoms with Crippen molar-refractivity contribution in [3.63, 3.8) is 0 Å². The van der Waals surface area contributed by atoms with Gasteiger partial charge in [0.25, 0.3) is 0 Å². The SMILES string of the molecule is C[C@@H]1C[C@H](O)CCN1c1cc(Cl)nc2c(-c3ccnn3C3CCCCO3)nn(CC(F)(F)F)c12. The maximum atomic E-state index is 13.6. The number of anilines is 1. The topological polar surface area (TPSA) is 81.2 Å². The van der Waals surface area contributed by atoms with E-state index in [1.165, 1.54) is 0 Å². The number of rotatable bonds is 4. The summed E-state index contributed by atoms with van der Waals surface area (Å²) in [6.07, 6.45) is 0.0437. The first-order chi connectivity index (χ1) is 16.2. The van der Waals surface area contributed by atoms with Gasteiger partial charge in [-0.05, 0) is 45.1 Å². The number of aromatic nitrogens is 5. The number of fused-ring (bicyclic) bond motifs is 1. The normalized spacial score (nSPS) is 24.2. The Morgan fingerprint density at radius 3 is 2.79 bits per heavy atom. The molecule has 3 aromatic rings. The minimum Gasteiger partial charge on any atom is -0.393 e. The van der Waals surface area contributed by atoms with Gasteiger partial charge >= 0.3 is 6.18 Å². The molecule has 3 aromatic heterocycles. The summed E-state index contributed by atoms with van der Waals surface area (Å²) in [5.74, 6) is 0. The summed E-state index contributed by atoms with van der Waals surface area (Å²) in [5, 5.41) is 19.0. The largest absolute Gasteiger partial charge is 0.408 e. The smallest absolute Gasteiger partial charge is 0.393 e. The Morgan fingerprint density at radius 1 is 1.26 bits per heavy atom. The van der Waals surface area contributed by atoms with Crippen molar-refractivity contribution in [2.24, 2.45) is 0 Å². The molecule has 1 N–H and O–H groups in total. The molecule has 0 bridgehead atoms. The van der Waals surface area contributed by atoms with Gasteiger partial charge in [-0.2, -0.15) is 23.4 Å². The van der Waals surface area contributed by atoms with Crippen LogP contribution in [0.3, 0.4) is 0 Å². The van der Waals surface area contributed by atoms with Crippen LogP contribution in [0, 0.1) is 0 Å². The van der Waals surface area contributed by atoms with Crippen LogP contribution in [0.4, 0.5) is 18.9 Å². The molecule has 0 aromatic carbocycles. The monoisotopic (exact) mass is 498 g/mol. The number of ether oxygens (including phenoxy) is 1. The second kappa shape index (κ2) is 9.01. The molecule has 2 fully saturated rings. The zero-order valence-corrected chi connectivity index (χ0v) is 19.4. The van der Waals surface area contributed by atoms with Crippen molar-refractivity contribution in [2.75, 3.05) is 18.1 Å². The summed E-state index contributed by atoms with van der Waals surface area (Å²) >= 11 is 6.39. The number of alkyl halides is 3. The maximum Gasteiger partial charge on any atom is 0.408 e. The first-order valence-electron chi connectivity index (χ1n) is 11.5. The standard InChI is InChI=1S/C22H26ClF3N6O2/c1-13-10-14(33)6-8-30(13)16-11-17(23)28-20-19(29-31(21(16)20)12-22(24,25)26)15-5-7-27-32(15)18-4-2-3-9-34-18/h5,7,11,13-14,18,33H,2-4,6,8-10,12H2,1H3/t13-,14-,18?/m1/s1. The van der Waals surface area contributed by atoms with Crippen molar-refractivity contribution in [3.8, 4) is 11.4 Å². The summed E-state index contributed by atoms with van der Waals surface area (Å²) in [4.78, 5) is 6.40. The fourth-order valence-electron chi connectivity index (χ4n) is 4.96. The molecule has 34 heavy (non-hydrogen) atoms. The Morgan fingerprint density at radius 2 is 2.09 bits per heavy atom. The molecular formula is C22H26ClF3N6O2. The molecule has 184 valence electrons. The molecule has 1 unspecified atom stereocenters. The van der Waals surface area contributed by atoms with E-state index in [-0.39, 0.29) is 34.2 Å². The lowest BCUT2D eigenvalue weighted by atomic mass is 10.00. The number of pyridine rings is 1. The van der Waals surface area contributed by atoms with Crippen LogP contribution >= 0.6 is 11.6 Å². The highest BCUT2D eigenvalue weighted by atomic mass is 35.5. The Bertz CT molecular complexity index is 1170. The van der Waals surface area contributed by atoms with E-state index < -0.39 is 18.8 Å². The van der Waals surface area contributed by atoms with Gasteiger partial charge in [0.1, 0.15) is 28.4 Å². The number of hydrogen-bond acceptors (Lipinski definition) is 6. The first-order valence-corrected chi connectivity index (χ1v) is 11.8. The minimum atomic E-state index is -4.48. The first kappa shape index (κ1) is 23.4. The highest BCUT2D eigenvalue weighted by Gasteiger charge is 2.34. The van der Waals surface area contributed by atoms with Gasteiger partial charge in [-0.3, -0.25) is 4.68 Å². The Balaban J connectivity index is 1.69. The molecule has 0 aliphatic carbocycles. The molecule has 12 heteroatoms. The van der Waals surface area contributed by atoms with Crippen molar-refractivity contribution < 1.29 is 23.0 Å². The number of hydrogen-bond donors (Lipinski definition) is 1. The van der Waals surface area contributed by atoms with Crippen molar-refractivity contribution >= 4 is 28.3 Å². The fraction of sp³-hybridized carbons (Fsp3) is 0.591. The molecule has 8 nitrogen and oxygen atoms in total. The summed E-state index contributed by atoms with van der Waals surface area (Å²) in [5.41, 5.74) is 1.87. The molecule has 0 radical (unpaired) electrons. The van der Waals surface area contributed by atoms with Crippen LogP contribution in [0.2, 0.25) is 5.15 Å². The number of aliphatic hydroxyl groups is 1. The van der Waals surface area contributed by atoms with Crippen molar-refractivity contribution in [1.29, 1.82) is 0 Å². The lowest BCUT2D eigenvalue weighted by molar-refractivity contribution is -0.141. The number of piperidine rings is 1. The van der Waals surface area contributed by atoms with E-state index in [1.807, 2.05) is 11.8 Å². The van der Waals surface area contributed by atoms with Gasteiger partial charge in [-0.1, -0.05) is 11.6 Å². The average Bonchev–Trinajstić information content (AvgIpc) is 3.38. The fourth-order valence-corrected chi connectivity index (χ4v) is 5.15. The molecule has 2 aliphatic rings. The summed E-state index contributed by atoms with van der Waals surface area (Å²) in [6, 6.07) is 3.20.